The first kappa shape index (κ1) is 20.2. The van der Waals surface area contributed by atoms with Gasteiger partial charge in [0, 0.05) is 39.3 Å². The van der Waals surface area contributed by atoms with Gasteiger partial charge in [-0.2, -0.15) is 0 Å². The molecule has 0 amide bonds. The monoisotopic (exact) mass is 411 g/mol. The molecule has 1 aliphatic rings. The standard InChI is InChI=1S/C19H23ClFN3O2S/c1-23-9-11-24(12-10-23)14-16-7-5-15(6-8-16)13-22-27(25,26)18-4-2-3-17(20)19(18)21/h2-8,22H,9-14H2,1H3. The summed E-state index contributed by atoms with van der Waals surface area (Å²) in [5.41, 5.74) is 2.00. The van der Waals surface area contributed by atoms with Gasteiger partial charge in [0.05, 0.1) is 5.02 Å². The molecule has 1 fully saturated rings. The maximum Gasteiger partial charge on any atom is 0.243 e. The van der Waals surface area contributed by atoms with Crippen LogP contribution in [0.1, 0.15) is 11.1 Å². The van der Waals surface area contributed by atoms with Crippen LogP contribution < -0.4 is 4.72 Å². The molecule has 0 spiro atoms. The van der Waals surface area contributed by atoms with Crippen molar-refractivity contribution < 1.29 is 12.8 Å². The summed E-state index contributed by atoms with van der Waals surface area (Å²) in [4.78, 5) is 4.27. The first-order valence-corrected chi connectivity index (χ1v) is 10.6. The number of halogens is 2. The Hall–Kier alpha value is -1.51. The summed E-state index contributed by atoms with van der Waals surface area (Å²) in [5, 5.41) is -0.217. The molecule has 0 aromatic heterocycles. The van der Waals surface area contributed by atoms with E-state index in [2.05, 4.69) is 21.6 Å². The van der Waals surface area contributed by atoms with Crippen molar-refractivity contribution in [2.75, 3.05) is 33.2 Å². The van der Waals surface area contributed by atoms with Gasteiger partial charge in [0.15, 0.2) is 5.82 Å². The zero-order valence-electron chi connectivity index (χ0n) is 15.2. The number of nitrogens with zero attached hydrogens (tertiary/aromatic N) is 2. The van der Waals surface area contributed by atoms with Crippen LogP contribution in [0.25, 0.3) is 0 Å². The number of likely N-dealkylation sites (N-methyl/N-ethyl adjacent to an activating group) is 1. The minimum atomic E-state index is -3.97. The third-order valence-electron chi connectivity index (χ3n) is 4.70. The molecule has 0 atom stereocenters. The van der Waals surface area contributed by atoms with Crippen LogP contribution in [-0.4, -0.2) is 51.4 Å². The molecule has 3 rings (SSSR count). The van der Waals surface area contributed by atoms with E-state index in [1.807, 2.05) is 24.3 Å². The highest BCUT2D eigenvalue weighted by molar-refractivity contribution is 7.89. The van der Waals surface area contributed by atoms with Crippen molar-refractivity contribution in [2.24, 2.45) is 0 Å². The SMILES string of the molecule is CN1CCN(Cc2ccc(CNS(=O)(=O)c3cccc(Cl)c3F)cc2)CC1. The van der Waals surface area contributed by atoms with Crippen LogP contribution in [0.3, 0.4) is 0 Å². The Morgan fingerprint density at radius 3 is 2.33 bits per heavy atom. The van der Waals surface area contributed by atoms with Crippen LogP contribution in [0.4, 0.5) is 4.39 Å². The van der Waals surface area contributed by atoms with Gasteiger partial charge in [-0.05, 0) is 30.3 Å². The predicted molar refractivity (Wildman–Crippen MR) is 105 cm³/mol. The normalized spacial score (nSPS) is 16.6. The average Bonchev–Trinajstić information content (AvgIpc) is 2.65. The van der Waals surface area contributed by atoms with E-state index in [9.17, 15) is 12.8 Å². The van der Waals surface area contributed by atoms with Gasteiger partial charge >= 0.3 is 0 Å². The van der Waals surface area contributed by atoms with Crippen molar-refractivity contribution >= 4 is 21.6 Å². The summed E-state index contributed by atoms with van der Waals surface area (Å²) < 4.78 is 41.0. The summed E-state index contributed by atoms with van der Waals surface area (Å²) >= 11 is 5.67. The fraction of sp³-hybridized carbons (Fsp3) is 0.368. The molecule has 0 aliphatic carbocycles. The summed E-state index contributed by atoms with van der Waals surface area (Å²) in [6.07, 6.45) is 0. The van der Waals surface area contributed by atoms with Crippen molar-refractivity contribution in [1.82, 2.24) is 14.5 Å². The minimum Gasteiger partial charge on any atom is -0.304 e. The second kappa shape index (κ2) is 8.67. The minimum absolute atomic E-state index is 0.0864. The van der Waals surface area contributed by atoms with Crippen molar-refractivity contribution in [3.8, 4) is 0 Å². The molecule has 8 heteroatoms. The van der Waals surface area contributed by atoms with Gasteiger partial charge in [-0.15, -0.1) is 0 Å². The molecule has 2 aromatic rings. The van der Waals surface area contributed by atoms with Crippen LogP contribution in [0.15, 0.2) is 47.4 Å². The number of nitrogens with one attached hydrogen (secondary N) is 1. The van der Waals surface area contributed by atoms with Crippen molar-refractivity contribution in [3.63, 3.8) is 0 Å². The fourth-order valence-corrected chi connectivity index (χ4v) is 4.32. The second-order valence-electron chi connectivity index (χ2n) is 6.77. The van der Waals surface area contributed by atoms with Gasteiger partial charge in [0.1, 0.15) is 4.90 Å². The van der Waals surface area contributed by atoms with Gasteiger partial charge in [-0.3, -0.25) is 4.90 Å². The third kappa shape index (κ3) is 5.27. The van der Waals surface area contributed by atoms with Crippen LogP contribution in [-0.2, 0) is 23.1 Å². The number of rotatable bonds is 6. The van der Waals surface area contributed by atoms with E-state index in [1.54, 1.807) is 0 Å². The fourth-order valence-electron chi connectivity index (χ4n) is 2.97. The van der Waals surface area contributed by atoms with Crippen molar-refractivity contribution in [1.29, 1.82) is 0 Å². The van der Waals surface area contributed by atoms with Gasteiger partial charge in [-0.1, -0.05) is 41.9 Å². The van der Waals surface area contributed by atoms with Crippen LogP contribution >= 0.6 is 11.6 Å². The molecule has 1 N–H and O–H groups in total. The summed E-state index contributed by atoms with van der Waals surface area (Å²) in [6.45, 7) is 5.20. The lowest BCUT2D eigenvalue weighted by Gasteiger charge is -2.32. The topological polar surface area (TPSA) is 52.6 Å². The molecule has 146 valence electrons. The number of hydrogen-bond donors (Lipinski definition) is 1. The molecule has 1 saturated heterocycles. The highest BCUT2D eigenvalue weighted by Crippen LogP contribution is 2.22. The Morgan fingerprint density at radius 2 is 1.67 bits per heavy atom. The molecule has 1 heterocycles. The maximum atomic E-state index is 14.0. The summed E-state index contributed by atoms with van der Waals surface area (Å²) in [5.74, 6) is -0.936. The first-order valence-electron chi connectivity index (χ1n) is 8.77. The molecule has 0 saturated carbocycles. The highest BCUT2D eigenvalue weighted by atomic mass is 35.5. The molecular weight excluding hydrogens is 389 g/mol. The Bertz CT molecular complexity index is 882. The van der Waals surface area contributed by atoms with Gasteiger partial charge in [-0.25, -0.2) is 17.5 Å². The lowest BCUT2D eigenvalue weighted by Crippen LogP contribution is -2.43. The largest absolute Gasteiger partial charge is 0.304 e. The summed E-state index contributed by atoms with van der Waals surface area (Å²) in [7, 11) is -1.84. The van der Waals surface area contributed by atoms with Gasteiger partial charge in [0.2, 0.25) is 10.0 Å². The Morgan fingerprint density at radius 1 is 1.04 bits per heavy atom. The zero-order valence-corrected chi connectivity index (χ0v) is 16.7. The predicted octanol–water partition coefficient (Wildman–Crippen LogP) is 2.71. The lowest BCUT2D eigenvalue weighted by atomic mass is 10.1. The van der Waals surface area contributed by atoms with E-state index in [0.29, 0.717) is 0 Å². The number of hydrogen-bond acceptors (Lipinski definition) is 4. The molecular formula is C19H23ClFN3O2S. The van der Waals surface area contributed by atoms with E-state index < -0.39 is 20.7 Å². The van der Waals surface area contributed by atoms with Crippen LogP contribution in [0.2, 0.25) is 5.02 Å². The van der Waals surface area contributed by atoms with Gasteiger partial charge in [0.25, 0.3) is 0 Å². The number of benzene rings is 2. The zero-order chi connectivity index (χ0) is 19.4. The van der Waals surface area contributed by atoms with Crippen LogP contribution in [0, 0.1) is 5.82 Å². The van der Waals surface area contributed by atoms with E-state index in [0.717, 1.165) is 38.3 Å². The summed E-state index contributed by atoms with van der Waals surface area (Å²) in [6, 6.07) is 11.7. The Labute approximate surface area is 164 Å². The molecule has 0 radical (unpaired) electrons. The van der Waals surface area contributed by atoms with E-state index >= 15 is 0 Å². The number of sulfonamides is 1. The number of piperazine rings is 1. The highest BCUT2D eigenvalue weighted by Gasteiger charge is 2.20. The molecule has 5 nitrogen and oxygen atoms in total. The van der Waals surface area contributed by atoms with E-state index in [4.69, 9.17) is 11.6 Å². The Balaban J connectivity index is 1.59. The maximum absolute atomic E-state index is 14.0. The molecule has 1 aliphatic heterocycles. The lowest BCUT2D eigenvalue weighted by molar-refractivity contribution is 0.148. The van der Waals surface area contributed by atoms with Crippen molar-refractivity contribution in [2.45, 2.75) is 18.0 Å². The molecule has 0 bridgehead atoms. The Kier molecular flexibility index (Phi) is 6.49. The molecule has 27 heavy (non-hydrogen) atoms. The first-order chi connectivity index (χ1) is 12.8. The second-order valence-corrected chi connectivity index (χ2v) is 8.92. The average molecular weight is 412 g/mol. The third-order valence-corrected chi connectivity index (χ3v) is 6.41. The van der Waals surface area contributed by atoms with Crippen molar-refractivity contribution in [3.05, 3.63) is 64.4 Å². The van der Waals surface area contributed by atoms with Crippen LogP contribution in [0.5, 0.6) is 0 Å². The molecule has 2 aromatic carbocycles. The smallest absolute Gasteiger partial charge is 0.243 e. The quantitative estimate of drug-likeness (QED) is 0.794. The van der Waals surface area contributed by atoms with E-state index in [-0.39, 0.29) is 11.6 Å². The van der Waals surface area contributed by atoms with Gasteiger partial charge < -0.3 is 4.90 Å². The van der Waals surface area contributed by atoms with E-state index in [1.165, 1.54) is 23.8 Å². The molecule has 0 unspecified atom stereocenters.